The van der Waals surface area contributed by atoms with E-state index in [0.29, 0.717) is 19.4 Å². The molecule has 0 radical (unpaired) electrons. The maximum absolute atomic E-state index is 12.7. The maximum Gasteiger partial charge on any atom is 0.326 e. The largest absolute Gasteiger partial charge is 0.480 e. The van der Waals surface area contributed by atoms with Crippen molar-refractivity contribution in [3.05, 3.63) is 0 Å². The van der Waals surface area contributed by atoms with Gasteiger partial charge in [-0.1, -0.05) is 13.8 Å². The Bertz CT molecular complexity index is 608. The molecule has 1 rings (SSSR count). The Balaban J connectivity index is 2.65. The van der Waals surface area contributed by atoms with E-state index in [9.17, 15) is 29.1 Å². The third kappa shape index (κ3) is 6.51. The number of amides is 4. The third-order valence-corrected chi connectivity index (χ3v) is 4.25. The van der Waals surface area contributed by atoms with Crippen molar-refractivity contribution in [2.75, 3.05) is 13.1 Å². The molecule has 1 aliphatic heterocycles. The molecule has 0 spiro atoms. The highest BCUT2D eigenvalue weighted by molar-refractivity contribution is 5.93. The normalized spacial score (nSPS) is 18.7. The summed E-state index contributed by atoms with van der Waals surface area (Å²) in [4.78, 5) is 59.8. The van der Waals surface area contributed by atoms with Crippen molar-refractivity contribution in [3.63, 3.8) is 0 Å². The summed E-state index contributed by atoms with van der Waals surface area (Å²) >= 11 is 0. The van der Waals surface area contributed by atoms with Crippen LogP contribution in [-0.4, -0.2) is 70.8 Å². The second-order valence-corrected chi connectivity index (χ2v) is 6.81. The lowest BCUT2D eigenvalue weighted by Gasteiger charge is -2.29. The molecule has 1 aliphatic rings. The van der Waals surface area contributed by atoms with Gasteiger partial charge in [0.25, 0.3) is 0 Å². The Hall–Kier alpha value is -2.69. The lowest BCUT2D eigenvalue weighted by molar-refractivity contribution is -0.150. The predicted molar refractivity (Wildman–Crippen MR) is 93.9 cm³/mol. The highest BCUT2D eigenvalue weighted by atomic mass is 16.4. The van der Waals surface area contributed by atoms with Gasteiger partial charge in [-0.15, -0.1) is 0 Å². The van der Waals surface area contributed by atoms with Crippen molar-refractivity contribution >= 4 is 29.6 Å². The lowest BCUT2D eigenvalue weighted by Crippen LogP contribution is -2.55. The fourth-order valence-corrected chi connectivity index (χ4v) is 2.81. The van der Waals surface area contributed by atoms with Crippen LogP contribution < -0.4 is 22.1 Å². The first-order valence-electron chi connectivity index (χ1n) is 8.68. The number of carboxylic acids is 1. The van der Waals surface area contributed by atoms with E-state index in [1.807, 2.05) is 0 Å². The van der Waals surface area contributed by atoms with Gasteiger partial charge in [-0.2, -0.15) is 0 Å². The molecule has 1 fully saturated rings. The number of carbonyl (C=O) groups excluding carboxylic acids is 4. The molecular formula is C16H27N5O6. The van der Waals surface area contributed by atoms with Crippen molar-refractivity contribution in [2.24, 2.45) is 17.4 Å². The van der Waals surface area contributed by atoms with Crippen LogP contribution in [0.15, 0.2) is 0 Å². The van der Waals surface area contributed by atoms with Gasteiger partial charge in [-0.3, -0.25) is 19.2 Å². The molecule has 27 heavy (non-hydrogen) atoms. The molecule has 1 heterocycles. The van der Waals surface area contributed by atoms with Crippen molar-refractivity contribution in [3.8, 4) is 0 Å². The Kier molecular flexibility index (Phi) is 8.16. The Morgan fingerprint density at radius 2 is 1.85 bits per heavy atom. The van der Waals surface area contributed by atoms with Gasteiger partial charge in [0.1, 0.15) is 12.1 Å². The summed E-state index contributed by atoms with van der Waals surface area (Å²) in [6.07, 6.45) is 0.592. The molecule has 11 nitrogen and oxygen atoms in total. The van der Waals surface area contributed by atoms with Gasteiger partial charge in [-0.05, 0) is 18.8 Å². The van der Waals surface area contributed by atoms with Gasteiger partial charge in [0.2, 0.25) is 23.6 Å². The molecule has 1 saturated heterocycles. The number of carbonyl (C=O) groups is 5. The van der Waals surface area contributed by atoms with Gasteiger partial charge in [-0.25, -0.2) is 4.79 Å². The molecule has 0 aliphatic carbocycles. The van der Waals surface area contributed by atoms with Gasteiger partial charge >= 0.3 is 5.97 Å². The molecule has 4 amide bonds. The topological polar surface area (TPSA) is 185 Å². The Morgan fingerprint density at radius 3 is 2.37 bits per heavy atom. The molecule has 152 valence electrons. The number of hydrogen-bond donors (Lipinski definition) is 5. The molecule has 0 aromatic rings. The van der Waals surface area contributed by atoms with Crippen molar-refractivity contribution < 1.29 is 29.1 Å². The fourth-order valence-electron chi connectivity index (χ4n) is 2.81. The summed E-state index contributed by atoms with van der Waals surface area (Å²) in [5, 5.41) is 14.0. The molecular weight excluding hydrogens is 358 g/mol. The van der Waals surface area contributed by atoms with Crippen LogP contribution in [-0.2, 0) is 24.0 Å². The van der Waals surface area contributed by atoms with Crippen LogP contribution in [0.3, 0.4) is 0 Å². The van der Waals surface area contributed by atoms with Gasteiger partial charge < -0.3 is 32.1 Å². The number of carboxylic acid groups (broad SMARTS) is 1. The van der Waals surface area contributed by atoms with Crippen molar-refractivity contribution in [2.45, 2.75) is 51.2 Å². The quantitative estimate of drug-likeness (QED) is 0.291. The van der Waals surface area contributed by atoms with Crippen LogP contribution in [0.25, 0.3) is 0 Å². The summed E-state index contributed by atoms with van der Waals surface area (Å²) in [6.45, 7) is 3.31. The van der Waals surface area contributed by atoms with Crippen LogP contribution in [0.1, 0.15) is 33.1 Å². The molecule has 7 N–H and O–H groups in total. The second kappa shape index (κ2) is 9.86. The summed E-state index contributed by atoms with van der Waals surface area (Å²) < 4.78 is 0. The fraction of sp³-hybridized carbons (Fsp3) is 0.688. The van der Waals surface area contributed by atoms with Crippen molar-refractivity contribution in [1.29, 1.82) is 0 Å². The number of nitrogens with two attached hydrogens (primary N) is 2. The summed E-state index contributed by atoms with van der Waals surface area (Å²) in [7, 11) is 0. The summed E-state index contributed by atoms with van der Waals surface area (Å²) in [5.74, 6) is -3.93. The number of nitrogens with one attached hydrogen (secondary N) is 2. The van der Waals surface area contributed by atoms with Crippen LogP contribution in [0.4, 0.5) is 0 Å². The maximum atomic E-state index is 12.7. The number of likely N-dealkylation sites (tertiary alicyclic amines) is 1. The molecule has 0 bridgehead atoms. The van der Waals surface area contributed by atoms with Crippen LogP contribution in [0.2, 0.25) is 0 Å². The number of aliphatic carboxylic acids is 1. The van der Waals surface area contributed by atoms with Gasteiger partial charge in [0.05, 0.1) is 19.0 Å². The third-order valence-electron chi connectivity index (χ3n) is 4.25. The van der Waals surface area contributed by atoms with Crippen LogP contribution >= 0.6 is 0 Å². The smallest absolute Gasteiger partial charge is 0.326 e. The first-order chi connectivity index (χ1) is 12.5. The molecule has 3 atom stereocenters. The number of nitrogens with zero attached hydrogens (tertiary/aromatic N) is 1. The first-order valence-corrected chi connectivity index (χ1v) is 8.68. The number of primary amides is 1. The molecule has 0 aromatic carbocycles. The molecule has 3 unspecified atom stereocenters. The van der Waals surface area contributed by atoms with E-state index in [0.717, 1.165) is 0 Å². The zero-order valence-electron chi connectivity index (χ0n) is 15.4. The number of hydrogen-bond acceptors (Lipinski definition) is 6. The highest BCUT2D eigenvalue weighted by Crippen LogP contribution is 2.20. The zero-order chi connectivity index (χ0) is 20.7. The minimum Gasteiger partial charge on any atom is -0.480 e. The average molecular weight is 385 g/mol. The average Bonchev–Trinajstić information content (AvgIpc) is 3.05. The molecule has 0 saturated carbocycles. The van der Waals surface area contributed by atoms with E-state index in [4.69, 9.17) is 11.5 Å². The monoisotopic (exact) mass is 385 g/mol. The van der Waals surface area contributed by atoms with E-state index in [1.54, 1.807) is 13.8 Å². The van der Waals surface area contributed by atoms with E-state index in [2.05, 4.69) is 10.6 Å². The van der Waals surface area contributed by atoms with Crippen LogP contribution in [0, 0.1) is 5.92 Å². The van der Waals surface area contributed by atoms with E-state index in [1.165, 1.54) is 4.90 Å². The standard InChI is InChI=1S/C16H27N5O6/c1-8(2)13(15(25)21-5-3-4-10(21)16(26)27)20-12(23)7-19-14(24)9(17)6-11(18)22/h8-10,13H,3-7,17H2,1-2H3,(H2,18,22)(H,19,24)(H,20,23)(H,26,27). The minimum atomic E-state index is -1.17. The highest BCUT2D eigenvalue weighted by Gasteiger charge is 2.38. The zero-order valence-corrected chi connectivity index (χ0v) is 15.4. The Labute approximate surface area is 156 Å². The van der Waals surface area contributed by atoms with E-state index < -0.39 is 54.3 Å². The molecule has 11 heteroatoms. The van der Waals surface area contributed by atoms with E-state index >= 15 is 0 Å². The predicted octanol–water partition coefficient (Wildman–Crippen LogP) is -2.48. The second-order valence-electron chi connectivity index (χ2n) is 6.81. The van der Waals surface area contributed by atoms with Gasteiger partial charge in [0.15, 0.2) is 0 Å². The SMILES string of the molecule is CC(C)C(NC(=O)CNC(=O)C(N)CC(N)=O)C(=O)N1CCCC1C(=O)O. The first kappa shape index (κ1) is 22.4. The summed E-state index contributed by atoms with van der Waals surface area (Å²) in [6, 6.07) is -2.99. The van der Waals surface area contributed by atoms with Crippen molar-refractivity contribution in [1.82, 2.24) is 15.5 Å². The van der Waals surface area contributed by atoms with Gasteiger partial charge in [0, 0.05) is 6.54 Å². The van der Waals surface area contributed by atoms with Crippen LogP contribution in [0.5, 0.6) is 0 Å². The summed E-state index contributed by atoms with van der Waals surface area (Å²) in [5.41, 5.74) is 10.4. The minimum absolute atomic E-state index is 0.288. The number of rotatable bonds is 9. The molecule has 0 aromatic heterocycles. The lowest BCUT2D eigenvalue weighted by atomic mass is 10.0. The van der Waals surface area contributed by atoms with E-state index in [-0.39, 0.29) is 12.3 Å². The Morgan fingerprint density at radius 1 is 1.22 bits per heavy atom.